The molecule has 0 bridgehead atoms. The van der Waals surface area contributed by atoms with Crippen molar-refractivity contribution in [3.63, 3.8) is 0 Å². The number of hydrogen-bond acceptors (Lipinski definition) is 3. The van der Waals surface area contributed by atoms with Crippen LogP contribution in [-0.2, 0) is 0 Å². The molecule has 0 saturated heterocycles. The third kappa shape index (κ3) is 3.29. The maximum atomic E-state index is 12.4. The Bertz CT molecular complexity index is 794. The van der Waals surface area contributed by atoms with Gasteiger partial charge in [0.05, 0.1) is 11.7 Å². The third-order valence-electron chi connectivity index (χ3n) is 3.81. The molecule has 1 amide bonds. The van der Waals surface area contributed by atoms with Gasteiger partial charge in [-0.05, 0) is 43.2 Å². The fraction of sp³-hybridized carbons (Fsp3) is 0.167. The number of amides is 1. The van der Waals surface area contributed by atoms with Gasteiger partial charge in [-0.2, -0.15) is 5.10 Å². The maximum absolute atomic E-state index is 12.4. The molecular weight excluding hydrogens is 288 g/mol. The van der Waals surface area contributed by atoms with Crippen molar-refractivity contribution in [3.8, 4) is 5.69 Å². The molecule has 5 heteroatoms. The minimum Gasteiger partial charge on any atom is -0.346 e. The quantitative estimate of drug-likeness (QED) is 0.806. The summed E-state index contributed by atoms with van der Waals surface area (Å²) in [4.78, 5) is 16.3. The standard InChI is InChI=1S/C18H18N4O/c1-13-5-3-4-6-17(13)18(23)21-14(2)15-7-9-16(10-8-15)22-12-19-11-20-22/h3-12,14H,1-2H3,(H,21,23). The molecule has 3 rings (SSSR count). The fourth-order valence-electron chi connectivity index (χ4n) is 2.44. The van der Waals surface area contributed by atoms with E-state index in [-0.39, 0.29) is 11.9 Å². The molecule has 3 aromatic rings. The SMILES string of the molecule is Cc1ccccc1C(=O)NC(C)c1ccc(-n2cncn2)cc1. The topological polar surface area (TPSA) is 59.8 Å². The molecule has 0 radical (unpaired) electrons. The summed E-state index contributed by atoms with van der Waals surface area (Å²) in [6.45, 7) is 3.91. The van der Waals surface area contributed by atoms with E-state index >= 15 is 0 Å². The molecule has 23 heavy (non-hydrogen) atoms. The van der Waals surface area contributed by atoms with Crippen LogP contribution in [-0.4, -0.2) is 20.7 Å². The Kier molecular flexibility index (Phi) is 4.19. The van der Waals surface area contributed by atoms with Gasteiger partial charge in [0, 0.05) is 5.56 Å². The van der Waals surface area contributed by atoms with Crippen LogP contribution < -0.4 is 5.32 Å². The van der Waals surface area contributed by atoms with E-state index in [0.29, 0.717) is 5.56 Å². The molecule has 0 fully saturated rings. The van der Waals surface area contributed by atoms with Crippen molar-refractivity contribution in [2.24, 2.45) is 0 Å². The van der Waals surface area contributed by atoms with E-state index in [1.807, 2.05) is 62.4 Å². The second-order valence-electron chi connectivity index (χ2n) is 5.44. The maximum Gasteiger partial charge on any atom is 0.252 e. The van der Waals surface area contributed by atoms with Crippen LogP contribution in [0.1, 0.15) is 34.5 Å². The van der Waals surface area contributed by atoms with Crippen LogP contribution in [0, 0.1) is 6.92 Å². The van der Waals surface area contributed by atoms with Crippen molar-refractivity contribution in [3.05, 3.63) is 77.9 Å². The summed E-state index contributed by atoms with van der Waals surface area (Å²) in [7, 11) is 0. The highest BCUT2D eigenvalue weighted by molar-refractivity contribution is 5.95. The minimum absolute atomic E-state index is 0.0593. The number of nitrogens with zero attached hydrogens (tertiary/aromatic N) is 3. The Labute approximate surface area is 135 Å². The van der Waals surface area contributed by atoms with E-state index < -0.39 is 0 Å². The highest BCUT2D eigenvalue weighted by atomic mass is 16.1. The Morgan fingerprint density at radius 1 is 1.13 bits per heavy atom. The molecule has 0 aliphatic carbocycles. The summed E-state index contributed by atoms with van der Waals surface area (Å²) in [5.74, 6) is -0.0593. The number of aromatic nitrogens is 3. The number of nitrogens with one attached hydrogen (secondary N) is 1. The molecule has 1 atom stereocenters. The zero-order chi connectivity index (χ0) is 16.2. The van der Waals surface area contributed by atoms with E-state index in [1.54, 1.807) is 11.0 Å². The zero-order valence-electron chi connectivity index (χ0n) is 13.1. The van der Waals surface area contributed by atoms with Crippen LogP contribution in [0.4, 0.5) is 0 Å². The molecule has 0 aliphatic heterocycles. The number of carbonyl (C=O) groups excluding carboxylic acids is 1. The van der Waals surface area contributed by atoms with Gasteiger partial charge in [-0.25, -0.2) is 9.67 Å². The highest BCUT2D eigenvalue weighted by Gasteiger charge is 2.13. The average Bonchev–Trinajstić information content (AvgIpc) is 3.09. The van der Waals surface area contributed by atoms with Gasteiger partial charge in [-0.3, -0.25) is 4.79 Å². The Hall–Kier alpha value is -2.95. The lowest BCUT2D eigenvalue weighted by atomic mass is 10.1. The normalized spacial score (nSPS) is 11.9. The van der Waals surface area contributed by atoms with Gasteiger partial charge in [0.2, 0.25) is 0 Å². The zero-order valence-corrected chi connectivity index (χ0v) is 13.1. The van der Waals surface area contributed by atoms with Gasteiger partial charge >= 0.3 is 0 Å². The highest BCUT2D eigenvalue weighted by Crippen LogP contribution is 2.16. The largest absolute Gasteiger partial charge is 0.346 e. The van der Waals surface area contributed by atoms with Crippen LogP contribution in [0.3, 0.4) is 0 Å². The molecule has 0 saturated carbocycles. The first-order chi connectivity index (χ1) is 11.1. The van der Waals surface area contributed by atoms with E-state index in [2.05, 4.69) is 15.4 Å². The van der Waals surface area contributed by atoms with Crippen molar-refractivity contribution >= 4 is 5.91 Å². The van der Waals surface area contributed by atoms with Gasteiger partial charge in [0.1, 0.15) is 12.7 Å². The van der Waals surface area contributed by atoms with Gasteiger partial charge < -0.3 is 5.32 Å². The first kappa shape index (κ1) is 15.0. The molecule has 1 aromatic heterocycles. The van der Waals surface area contributed by atoms with E-state index in [0.717, 1.165) is 16.8 Å². The van der Waals surface area contributed by atoms with Crippen LogP contribution in [0.25, 0.3) is 5.69 Å². The molecule has 1 N–H and O–H groups in total. The smallest absolute Gasteiger partial charge is 0.252 e. The number of rotatable bonds is 4. The van der Waals surface area contributed by atoms with Gasteiger partial charge in [-0.1, -0.05) is 30.3 Å². The van der Waals surface area contributed by atoms with Crippen molar-refractivity contribution in [1.29, 1.82) is 0 Å². The molecule has 0 aliphatic rings. The first-order valence-electron chi connectivity index (χ1n) is 7.46. The fourth-order valence-corrected chi connectivity index (χ4v) is 2.44. The molecular formula is C18H18N4O. The van der Waals surface area contributed by atoms with Crippen LogP contribution in [0.5, 0.6) is 0 Å². The first-order valence-corrected chi connectivity index (χ1v) is 7.46. The van der Waals surface area contributed by atoms with Crippen LogP contribution in [0.15, 0.2) is 61.2 Å². The summed E-state index contributed by atoms with van der Waals surface area (Å²) in [6, 6.07) is 15.4. The molecule has 116 valence electrons. The van der Waals surface area contributed by atoms with E-state index in [1.165, 1.54) is 6.33 Å². The monoisotopic (exact) mass is 306 g/mol. The molecule has 0 spiro atoms. The number of hydrogen-bond donors (Lipinski definition) is 1. The van der Waals surface area contributed by atoms with Crippen molar-refractivity contribution in [1.82, 2.24) is 20.1 Å². The Morgan fingerprint density at radius 2 is 1.87 bits per heavy atom. The number of benzene rings is 2. The summed E-state index contributed by atoms with van der Waals surface area (Å²) in [5, 5.41) is 7.13. The summed E-state index contributed by atoms with van der Waals surface area (Å²) >= 11 is 0. The molecule has 1 heterocycles. The minimum atomic E-state index is -0.0769. The van der Waals surface area contributed by atoms with Crippen molar-refractivity contribution in [2.45, 2.75) is 19.9 Å². The predicted molar refractivity (Wildman–Crippen MR) is 88.4 cm³/mol. The summed E-state index contributed by atoms with van der Waals surface area (Å²) < 4.78 is 1.69. The second-order valence-corrected chi connectivity index (χ2v) is 5.44. The average molecular weight is 306 g/mol. The molecule has 5 nitrogen and oxygen atoms in total. The van der Waals surface area contributed by atoms with Crippen molar-refractivity contribution < 1.29 is 4.79 Å². The lowest BCUT2D eigenvalue weighted by molar-refractivity contribution is 0.0939. The van der Waals surface area contributed by atoms with Crippen LogP contribution in [0.2, 0.25) is 0 Å². The Balaban J connectivity index is 1.72. The molecule has 1 unspecified atom stereocenters. The second kappa shape index (κ2) is 6.44. The third-order valence-corrected chi connectivity index (χ3v) is 3.81. The van der Waals surface area contributed by atoms with Crippen LogP contribution >= 0.6 is 0 Å². The lowest BCUT2D eigenvalue weighted by Crippen LogP contribution is -2.27. The van der Waals surface area contributed by atoms with Crippen molar-refractivity contribution in [2.75, 3.05) is 0 Å². The number of aryl methyl sites for hydroxylation is 1. The van der Waals surface area contributed by atoms with Gasteiger partial charge in [0.15, 0.2) is 0 Å². The van der Waals surface area contributed by atoms with E-state index in [9.17, 15) is 4.79 Å². The van der Waals surface area contributed by atoms with Gasteiger partial charge in [0.25, 0.3) is 5.91 Å². The lowest BCUT2D eigenvalue weighted by Gasteiger charge is -2.15. The summed E-state index contributed by atoms with van der Waals surface area (Å²) in [6.07, 6.45) is 3.15. The number of carbonyl (C=O) groups is 1. The predicted octanol–water partition coefficient (Wildman–Crippen LogP) is 3.07. The Morgan fingerprint density at radius 3 is 2.52 bits per heavy atom. The summed E-state index contributed by atoms with van der Waals surface area (Å²) in [5.41, 5.74) is 3.65. The molecule has 2 aromatic carbocycles. The van der Waals surface area contributed by atoms with Gasteiger partial charge in [-0.15, -0.1) is 0 Å². The van der Waals surface area contributed by atoms with E-state index in [4.69, 9.17) is 0 Å².